The lowest BCUT2D eigenvalue weighted by molar-refractivity contribution is 0.371. The van der Waals surface area contributed by atoms with Crippen molar-refractivity contribution in [2.75, 3.05) is 12.0 Å². The zero-order chi connectivity index (χ0) is 21.5. The van der Waals surface area contributed by atoms with Gasteiger partial charge in [0.15, 0.2) is 5.75 Å². The van der Waals surface area contributed by atoms with E-state index in [1.54, 1.807) is 36.4 Å². The lowest BCUT2D eigenvalue weighted by Crippen LogP contribution is -2.16. The number of hydrogen-bond donors (Lipinski definition) is 2. The number of nitrogens with one attached hydrogen (secondary N) is 2. The zero-order valence-corrected chi connectivity index (χ0v) is 16.8. The molecule has 1 heterocycles. The number of nitriles is 1. The van der Waals surface area contributed by atoms with E-state index < -0.39 is 5.56 Å². The first-order valence-corrected chi connectivity index (χ1v) is 9.23. The van der Waals surface area contributed by atoms with Crippen molar-refractivity contribution in [3.63, 3.8) is 0 Å². The summed E-state index contributed by atoms with van der Waals surface area (Å²) in [5.41, 5.74) is 3.43. The first kappa shape index (κ1) is 20.9. The fourth-order valence-corrected chi connectivity index (χ4v) is 3.12. The molecule has 0 aliphatic carbocycles. The number of anilines is 1. The highest BCUT2D eigenvalue weighted by Crippen LogP contribution is 2.33. The molecule has 148 valence electrons. The molecule has 2 N–H and O–H groups in total. The van der Waals surface area contributed by atoms with Crippen LogP contribution in [0.15, 0.2) is 52.4 Å². The van der Waals surface area contributed by atoms with Gasteiger partial charge in [-0.1, -0.05) is 59.5 Å². The molecule has 30 heavy (non-hydrogen) atoms. The van der Waals surface area contributed by atoms with Gasteiger partial charge in [-0.15, -0.1) is 6.42 Å². The number of aromatic nitrogens is 2. The number of ether oxygens (including phenoxy) is 1. The SMILES string of the molecule is C#CCOc1c(Cl)cc(C=NNc2nc(-c3ccccc3)c(C#N)c(=O)[nH]2)cc1Cl. The van der Waals surface area contributed by atoms with Crippen LogP contribution in [-0.2, 0) is 0 Å². The second-order valence-corrected chi connectivity index (χ2v) is 6.61. The highest BCUT2D eigenvalue weighted by atomic mass is 35.5. The molecule has 3 rings (SSSR count). The van der Waals surface area contributed by atoms with Crippen LogP contribution in [0.25, 0.3) is 11.3 Å². The van der Waals surface area contributed by atoms with E-state index in [2.05, 4.69) is 26.4 Å². The maximum atomic E-state index is 12.2. The fourth-order valence-electron chi connectivity index (χ4n) is 2.51. The molecule has 1 aromatic heterocycles. The van der Waals surface area contributed by atoms with Gasteiger partial charge in [-0.05, 0) is 17.7 Å². The van der Waals surface area contributed by atoms with Crippen LogP contribution in [0.1, 0.15) is 11.1 Å². The first-order valence-electron chi connectivity index (χ1n) is 8.47. The van der Waals surface area contributed by atoms with Crippen LogP contribution in [-0.4, -0.2) is 22.8 Å². The van der Waals surface area contributed by atoms with Crippen molar-refractivity contribution in [2.45, 2.75) is 0 Å². The summed E-state index contributed by atoms with van der Waals surface area (Å²) in [5.74, 6) is 2.69. The van der Waals surface area contributed by atoms with Crippen LogP contribution in [0.4, 0.5) is 5.95 Å². The third-order valence-electron chi connectivity index (χ3n) is 3.78. The number of rotatable bonds is 6. The number of nitrogens with zero attached hydrogens (tertiary/aromatic N) is 3. The van der Waals surface area contributed by atoms with Crippen LogP contribution in [0.2, 0.25) is 10.0 Å². The minimum absolute atomic E-state index is 0.0376. The summed E-state index contributed by atoms with van der Waals surface area (Å²) < 4.78 is 5.30. The Morgan fingerprint density at radius 1 is 1.27 bits per heavy atom. The van der Waals surface area contributed by atoms with Crippen molar-refractivity contribution >= 4 is 35.4 Å². The number of benzene rings is 2. The molecule has 0 atom stereocenters. The zero-order valence-electron chi connectivity index (χ0n) is 15.3. The van der Waals surface area contributed by atoms with Gasteiger partial charge in [-0.3, -0.25) is 9.78 Å². The average Bonchev–Trinajstić information content (AvgIpc) is 2.73. The maximum Gasteiger partial charge on any atom is 0.270 e. The summed E-state index contributed by atoms with van der Waals surface area (Å²) in [6, 6.07) is 14.0. The molecule has 0 fully saturated rings. The molecular weight excluding hydrogens is 425 g/mol. The molecule has 0 radical (unpaired) electrons. The normalized spacial score (nSPS) is 10.4. The topological polar surface area (TPSA) is 103 Å². The molecule has 0 amide bonds. The standard InChI is InChI=1S/C21H13Cl2N5O2/c1-2-8-30-19-16(22)9-13(10-17(19)23)12-25-28-21-26-18(14-6-4-3-5-7-14)15(11-24)20(29)27-21/h1,3-7,9-10,12H,8H2,(H2,26,27,28,29). The van der Waals surface area contributed by atoms with Gasteiger partial charge in [-0.2, -0.15) is 10.4 Å². The third kappa shape index (κ3) is 4.79. The number of terminal acetylenes is 1. The predicted octanol–water partition coefficient (Wildman–Crippen LogP) is 4.07. The largest absolute Gasteiger partial charge is 0.478 e. The average molecular weight is 438 g/mol. The first-order chi connectivity index (χ1) is 14.5. The van der Waals surface area contributed by atoms with Crippen LogP contribution in [0.5, 0.6) is 5.75 Å². The Morgan fingerprint density at radius 3 is 2.60 bits per heavy atom. The molecule has 0 spiro atoms. The smallest absolute Gasteiger partial charge is 0.270 e. The molecule has 7 nitrogen and oxygen atoms in total. The highest BCUT2D eigenvalue weighted by molar-refractivity contribution is 6.37. The van der Waals surface area contributed by atoms with E-state index in [4.69, 9.17) is 34.4 Å². The number of aromatic amines is 1. The van der Waals surface area contributed by atoms with Crippen molar-refractivity contribution < 1.29 is 4.74 Å². The summed E-state index contributed by atoms with van der Waals surface area (Å²) >= 11 is 12.3. The lowest BCUT2D eigenvalue weighted by Gasteiger charge is -2.08. The Hall–Kier alpha value is -3.78. The van der Waals surface area contributed by atoms with Crippen molar-refractivity contribution in [1.29, 1.82) is 5.26 Å². The Balaban J connectivity index is 1.85. The second-order valence-electron chi connectivity index (χ2n) is 5.79. The van der Waals surface area contributed by atoms with Crippen molar-refractivity contribution in [2.24, 2.45) is 5.10 Å². The van der Waals surface area contributed by atoms with E-state index in [1.807, 2.05) is 12.1 Å². The quantitative estimate of drug-likeness (QED) is 0.343. The van der Waals surface area contributed by atoms with Gasteiger partial charge in [0.2, 0.25) is 5.95 Å². The number of H-pyrrole nitrogens is 1. The van der Waals surface area contributed by atoms with Gasteiger partial charge in [0, 0.05) is 5.56 Å². The summed E-state index contributed by atoms with van der Waals surface area (Å²) in [7, 11) is 0. The van der Waals surface area contributed by atoms with E-state index >= 15 is 0 Å². The van der Waals surface area contributed by atoms with Crippen LogP contribution in [0.3, 0.4) is 0 Å². The maximum absolute atomic E-state index is 12.2. The Labute approximate surface area is 181 Å². The molecule has 0 unspecified atom stereocenters. The Bertz CT molecular complexity index is 1220. The number of halogens is 2. The Morgan fingerprint density at radius 2 is 1.97 bits per heavy atom. The van der Waals surface area contributed by atoms with Gasteiger partial charge in [-0.25, -0.2) is 10.4 Å². The minimum Gasteiger partial charge on any atom is -0.478 e. The molecule has 2 aromatic carbocycles. The van der Waals surface area contributed by atoms with Crippen molar-refractivity contribution in [3.05, 3.63) is 74.0 Å². The van der Waals surface area contributed by atoms with E-state index in [9.17, 15) is 10.1 Å². The van der Waals surface area contributed by atoms with E-state index in [0.29, 0.717) is 11.1 Å². The number of hydrazone groups is 1. The summed E-state index contributed by atoms with van der Waals surface area (Å²) in [5, 5.41) is 13.9. The van der Waals surface area contributed by atoms with E-state index in [1.165, 1.54) is 6.21 Å². The van der Waals surface area contributed by atoms with Crippen LogP contribution < -0.4 is 15.7 Å². The lowest BCUT2D eigenvalue weighted by atomic mass is 10.1. The Kier molecular flexibility index (Phi) is 6.71. The number of hydrogen-bond acceptors (Lipinski definition) is 6. The van der Waals surface area contributed by atoms with Crippen LogP contribution in [0, 0.1) is 23.7 Å². The molecule has 3 aromatic rings. The molecule has 0 aliphatic heterocycles. The molecule has 0 aliphatic rings. The molecule has 0 saturated heterocycles. The fraction of sp³-hybridized carbons (Fsp3) is 0.0476. The highest BCUT2D eigenvalue weighted by Gasteiger charge is 2.13. The van der Waals surface area contributed by atoms with Gasteiger partial charge < -0.3 is 4.74 Å². The van der Waals surface area contributed by atoms with E-state index in [0.717, 1.165) is 0 Å². The predicted molar refractivity (Wildman–Crippen MR) is 117 cm³/mol. The van der Waals surface area contributed by atoms with Gasteiger partial charge >= 0.3 is 0 Å². The van der Waals surface area contributed by atoms with E-state index in [-0.39, 0.29) is 39.6 Å². The minimum atomic E-state index is -0.579. The van der Waals surface area contributed by atoms with Crippen LogP contribution >= 0.6 is 23.2 Å². The molecule has 9 heteroatoms. The third-order valence-corrected chi connectivity index (χ3v) is 4.34. The summed E-state index contributed by atoms with van der Waals surface area (Å²) in [6.07, 6.45) is 6.60. The van der Waals surface area contributed by atoms with Crippen molar-refractivity contribution in [1.82, 2.24) is 9.97 Å². The van der Waals surface area contributed by atoms with Crippen molar-refractivity contribution in [3.8, 4) is 35.4 Å². The van der Waals surface area contributed by atoms with Gasteiger partial charge in [0.1, 0.15) is 18.2 Å². The van der Waals surface area contributed by atoms with Gasteiger partial charge in [0.25, 0.3) is 5.56 Å². The molecular formula is C21H13Cl2N5O2. The van der Waals surface area contributed by atoms with Gasteiger partial charge in [0.05, 0.1) is 22.0 Å². The molecule has 0 saturated carbocycles. The summed E-state index contributed by atoms with van der Waals surface area (Å²) in [6.45, 7) is 0.0376. The monoisotopic (exact) mass is 437 g/mol. The molecule has 0 bridgehead atoms. The second kappa shape index (κ2) is 9.62. The summed E-state index contributed by atoms with van der Waals surface area (Å²) in [4.78, 5) is 19.0.